The molecule has 1 atom stereocenters. The number of benzene rings is 3. The van der Waals surface area contributed by atoms with Crippen LogP contribution in [0.3, 0.4) is 0 Å². The van der Waals surface area contributed by atoms with Crippen LogP contribution in [0, 0.1) is 0 Å². The Hall–Kier alpha value is -3.34. The fraction of sp³-hybridized carbons (Fsp3) is 0.250. The van der Waals surface area contributed by atoms with Crippen LogP contribution < -0.4 is 10.1 Å². The van der Waals surface area contributed by atoms with Crippen molar-refractivity contribution in [2.75, 3.05) is 13.2 Å². The van der Waals surface area contributed by atoms with Gasteiger partial charge in [0.1, 0.15) is 5.75 Å². The third kappa shape index (κ3) is 4.74. The first kappa shape index (κ1) is 19.0. The summed E-state index contributed by atoms with van der Waals surface area (Å²) >= 11 is 0. The molecule has 0 fully saturated rings. The second kappa shape index (κ2) is 8.78. The van der Waals surface area contributed by atoms with Gasteiger partial charge in [0.15, 0.2) is 13.2 Å². The number of nitrogens with one attached hydrogen (secondary N) is 1. The molecule has 0 aromatic heterocycles. The minimum atomic E-state index is -0.572. The minimum absolute atomic E-state index is 0.0278. The number of esters is 1. The molecule has 3 aromatic carbocycles. The maximum Gasteiger partial charge on any atom is 0.344 e. The van der Waals surface area contributed by atoms with Gasteiger partial charge in [-0.25, -0.2) is 4.79 Å². The first-order valence-corrected chi connectivity index (χ1v) is 9.83. The Morgan fingerprint density at radius 3 is 2.62 bits per heavy atom. The van der Waals surface area contributed by atoms with Gasteiger partial charge in [-0.05, 0) is 53.3 Å². The standard InChI is InChI=1S/C24H23NO4/c26-23(25-22-11-5-9-18-7-3-4-10-21(18)22)15-29-24(27)16-28-20-13-12-17-6-1-2-8-19(17)14-20/h1-4,6-8,10,12-14,22H,5,9,11,15-16H2,(H,25,26)/t22-/m1/s1. The molecule has 0 saturated carbocycles. The van der Waals surface area contributed by atoms with E-state index >= 15 is 0 Å². The van der Waals surface area contributed by atoms with Crippen LogP contribution in [0.25, 0.3) is 10.8 Å². The average molecular weight is 389 g/mol. The number of fused-ring (bicyclic) bond motifs is 2. The number of ether oxygens (including phenoxy) is 2. The lowest BCUT2D eigenvalue weighted by Gasteiger charge is -2.26. The molecule has 5 heteroatoms. The van der Waals surface area contributed by atoms with Crippen LogP contribution in [0.2, 0.25) is 0 Å². The van der Waals surface area contributed by atoms with Crippen molar-refractivity contribution in [2.24, 2.45) is 0 Å². The first-order valence-electron chi connectivity index (χ1n) is 9.83. The Kier molecular flexibility index (Phi) is 5.75. The summed E-state index contributed by atoms with van der Waals surface area (Å²) in [5.41, 5.74) is 2.42. The van der Waals surface area contributed by atoms with Crippen LogP contribution in [0.4, 0.5) is 0 Å². The summed E-state index contributed by atoms with van der Waals surface area (Å²) in [6, 6.07) is 21.6. The van der Waals surface area contributed by atoms with Gasteiger partial charge in [-0.15, -0.1) is 0 Å². The molecule has 0 saturated heterocycles. The monoisotopic (exact) mass is 389 g/mol. The lowest BCUT2D eigenvalue weighted by atomic mass is 9.88. The van der Waals surface area contributed by atoms with Crippen LogP contribution in [0.15, 0.2) is 66.7 Å². The highest BCUT2D eigenvalue weighted by molar-refractivity contribution is 5.84. The zero-order chi connectivity index (χ0) is 20.1. The number of hydrogen-bond acceptors (Lipinski definition) is 4. The van der Waals surface area contributed by atoms with Gasteiger partial charge in [0, 0.05) is 0 Å². The predicted molar refractivity (Wildman–Crippen MR) is 111 cm³/mol. The molecular weight excluding hydrogens is 366 g/mol. The molecule has 0 heterocycles. The second-order valence-electron chi connectivity index (χ2n) is 7.17. The maximum atomic E-state index is 12.2. The van der Waals surface area contributed by atoms with Crippen LogP contribution in [-0.2, 0) is 20.7 Å². The molecule has 0 bridgehead atoms. The summed E-state index contributed by atoms with van der Waals surface area (Å²) in [6.45, 7) is -0.545. The molecule has 1 aliphatic rings. The van der Waals surface area contributed by atoms with Gasteiger partial charge < -0.3 is 14.8 Å². The fourth-order valence-corrected chi connectivity index (χ4v) is 3.73. The van der Waals surface area contributed by atoms with Crippen molar-refractivity contribution in [3.05, 3.63) is 77.9 Å². The van der Waals surface area contributed by atoms with E-state index in [4.69, 9.17) is 9.47 Å². The summed E-state index contributed by atoms with van der Waals surface area (Å²) in [4.78, 5) is 24.2. The maximum absolute atomic E-state index is 12.2. The Morgan fingerprint density at radius 1 is 0.931 bits per heavy atom. The molecule has 1 N–H and O–H groups in total. The van der Waals surface area contributed by atoms with Gasteiger partial charge in [0.25, 0.3) is 5.91 Å². The molecule has 3 aromatic rings. The van der Waals surface area contributed by atoms with Crippen molar-refractivity contribution in [2.45, 2.75) is 25.3 Å². The van der Waals surface area contributed by atoms with E-state index in [0.717, 1.165) is 35.6 Å². The fourth-order valence-electron chi connectivity index (χ4n) is 3.73. The number of aryl methyl sites for hydroxylation is 1. The quantitative estimate of drug-likeness (QED) is 0.648. The van der Waals surface area contributed by atoms with Crippen molar-refractivity contribution >= 4 is 22.6 Å². The van der Waals surface area contributed by atoms with Crippen LogP contribution in [-0.4, -0.2) is 25.1 Å². The van der Waals surface area contributed by atoms with Crippen molar-refractivity contribution in [1.82, 2.24) is 5.32 Å². The zero-order valence-corrected chi connectivity index (χ0v) is 16.1. The van der Waals surface area contributed by atoms with Crippen molar-refractivity contribution in [1.29, 1.82) is 0 Å². The second-order valence-corrected chi connectivity index (χ2v) is 7.17. The van der Waals surface area contributed by atoms with E-state index in [1.54, 1.807) is 0 Å². The Bertz CT molecular complexity index is 1030. The molecule has 0 spiro atoms. The lowest BCUT2D eigenvalue weighted by Crippen LogP contribution is -2.34. The van der Waals surface area contributed by atoms with E-state index in [1.807, 2.05) is 60.7 Å². The largest absolute Gasteiger partial charge is 0.482 e. The van der Waals surface area contributed by atoms with E-state index in [0.29, 0.717) is 5.75 Å². The van der Waals surface area contributed by atoms with Gasteiger partial charge in [-0.2, -0.15) is 0 Å². The number of rotatable bonds is 6. The Morgan fingerprint density at radius 2 is 1.72 bits per heavy atom. The topological polar surface area (TPSA) is 64.6 Å². The Labute approximate surface area is 169 Å². The third-order valence-electron chi connectivity index (χ3n) is 5.15. The molecule has 4 rings (SSSR count). The average Bonchev–Trinajstić information content (AvgIpc) is 2.76. The van der Waals surface area contributed by atoms with Gasteiger partial charge in [0.2, 0.25) is 0 Å². The molecule has 0 aliphatic heterocycles. The summed E-state index contributed by atoms with van der Waals surface area (Å²) in [6.07, 6.45) is 2.95. The molecule has 0 unspecified atom stereocenters. The van der Waals surface area contributed by atoms with Crippen LogP contribution in [0.1, 0.15) is 30.0 Å². The number of carbonyl (C=O) groups is 2. The SMILES string of the molecule is O=C(COC(=O)COc1ccc2ccccc2c1)N[C@@H]1CCCc2ccccc21. The van der Waals surface area contributed by atoms with Gasteiger partial charge in [0.05, 0.1) is 6.04 Å². The number of hydrogen-bond donors (Lipinski definition) is 1. The molecule has 148 valence electrons. The molecule has 29 heavy (non-hydrogen) atoms. The van der Waals surface area contributed by atoms with Crippen molar-refractivity contribution in [3.63, 3.8) is 0 Å². The van der Waals surface area contributed by atoms with Crippen molar-refractivity contribution < 1.29 is 19.1 Å². The highest BCUT2D eigenvalue weighted by Crippen LogP contribution is 2.29. The number of amides is 1. The van der Waals surface area contributed by atoms with E-state index in [9.17, 15) is 9.59 Å². The molecule has 5 nitrogen and oxygen atoms in total. The normalized spacial score (nSPS) is 15.4. The van der Waals surface area contributed by atoms with Crippen molar-refractivity contribution in [3.8, 4) is 5.75 Å². The first-order chi connectivity index (χ1) is 14.2. The van der Waals surface area contributed by atoms with Gasteiger partial charge in [-0.1, -0.05) is 54.6 Å². The third-order valence-corrected chi connectivity index (χ3v) is 5.15. The van der Waals surface area contributed by atoms with E-state index in [-0.39, 0.29) is 25.2 Å². The zero-order valence-electron chi connectivity index (χ0n) is 16.1. The van der Waals surface area contributed by atoms with E-state index < -0.39 is 5.97 Å². The molecule has 1 aliphatic carbocycles. The Balaban J connectivity index is 1.24. The van der Waals surface area contributed by atoms with Gasteiger partial charge in [-0.3, -0.25) is 4.79 Å². The molecule has 0 radical (unpaired) electrons. The number of carbonyl (C=O) groups excluding carboxylic acids is 2. The molecule has 1 amide bonds. The predicted octanol–water partition coefficient (Wildman–Crippen LogP) is 3.96. The summed E-state index contributed by atoms with van der Waals surface area (Å²) in [5.74, 6) is -0.285. The van der Waals surface area contributed by atoms with E-state index in [1.165, 1.54) is 5.56 Å². The van der Waals surface area contributed by atoms with E-state index in [2.05, 4.69) is 11.4 Å². The van der Waals surface area contributed by atoms with Gasteiger partial charge >= 0.3 is 5.97 Å². The van der Waals surface area contributed by atoms with Crippen LogP contribution >= 0.6 is 0 Å². The lowest BCUT2D eigenvalue weighted by molar-refractivity contribution is -0.150. The highest BCUT2D eigenvalue weighted by Gasteiger charge is 2.21. The highest BCUT2D eigenvalue weighted by atomic mass is 16.6. The molecular formula is C24H23NO4. The smallest absolute Gasteiger partial charge is 0.344 e. The van der Waals surface area contributed by atoms with Crippen LogP contribution in [0.5, 0.6) is 5.75 Å². The minimum Gasteiger partial charge on any atom is -0.482 e. The summed E-state index contributed by atoms with van der Waals surface area (Å²) in [7, 11) is 0. The summed E-state index contributed by atoms with van der Waals surface area (Å²) < 4.78 is 10.6. The summed E-state index contributed by atoms with van der Waals surface area (Å²) in [5, 5.41) is 5.10.